The van der Waals surface area contributed by atoms with Gasteiger partial charge in [0.05, 0.1) is 5.92 Å². The fourth-order valence-corrected chi connectivity index (χ4v) is 2.84. The molecule has 2 aromatic rings. The number of benzene rings is 2. The maximum Gasteiger partial charge on any atom is 0.311 e. The topological polar surface area (TPSA) is 54.4 Å². The number of hydrogen-bond acceptors (Lipinski definition) is 2. The third-order valence-electron chi connectivity index (χ3n) is 4.13. The van der Waals surface area contributed by atoms with E-state index >= 15 is 0 Å². The lowest BCUT2D eigenvalue weighted by molar-refractivity contribution is -0.140. The molecule has 0 aliphatic rings. The Labute approximate surface area is 124 Å². The largest absolute Gasteiger partial charge is 0.481 e. The second-order valence-electron chi connectivity index (χ2n) is 5.51. The van der Waals surface area contributed by atoms with Crippen molar-refractivity contribution in [1.29, 1.82) is 0 Å². The van der Waals surface area contributed by atoms with E-state index in [1.54, 1.807) is 6.07 Å². The number of rotatable bonds is 5. The van der Waals surface area contributed by atoms with Crippen molar-refractivity contribution in [3.05, 3.63) is 47.5 Å². The molecule has 0 bridgehead atoms. The van der Waals surface area contributed by atoms with E-state index in [2.05, 4.69) is 0 Å². The molecule has 21 heavy (non-hydrogen) atoms. The van der Waals surface area contributed by atoms with Gasteiger partial charge >= 0.3 is 5.97 Å². The normalized spacial score (nSPS) is 13.9. The van der Waals surface area contributed by atoms with Crippen molar-refractivity contribution in [2.24, 2.45) is 5.92 Å². The summed E-state index contributed by atoms with van der Waals surface area (Å²) >= 11 is 0. The first-order chi connectivity index (χ1) is 9.97. The van der Waals surface area contributed by atoms with Gasteiger partial charge in [-0.25, -0.2) is 0 Å². The van der Waals surface area contributed by atoms with E-state index in [4.69, 9.17) is 0 Å². The average molecular weight is 284 g/mol. The second kappa shape index (κ2) is 6.08. The van der Waals surface area contributed by atoms with Crippen molar-refractivity contribution in [3.8, 4) is 0 Å². The molecular weight excluding hydrogens is 264 g/mol. The lowest BCUT2D eigenvalue weighted by atomic mass is 9.82. The van der Waals surface area contributed by atoms with Gasteiger partial charge in [-0.2, -0.15) is 0 Å². The molecule has 2 atom stereocenters. The summed E-state index contributed by atoms with van der Waals surface area (Å²) in [5.74, 6) is -1.47. The zero-order chi connectivity index (χ0) is 15.6. The van der Waals surface area contributed by atoms with E-state index in [0.29, 0.717) is 5.56 Å². The third kappa shape index (κ3) is 2.82. The molecule has 0 aliphatic carbocycles. The highest BCUT2D eigenvalue weighted by Crippen LogP contribution is 2.34. The number of ketones is 1. The molecule has 0 saturated carbocycles. The van der Waals surface area contributed by atoms with Gasteiger partial charge in [0.2, 0.25) is 0 Å². The van der Waals surface area contributed by atoms with Crippen molar-refractivity contribution in [3.63, 3.8) is 0 Å². The first-order valence-corrected chi connectivity index (χ1v) is 7.22. The summed E-state index contributed by atoms with van der Waals surface area (Å²) < 4.78 is 0. The maximum absolute atomic E-state index is 11.9. The van der Waals surface area contributed by atoms with Crippen LogP contribution in [-0.2, 0) is 4.79 Å². The van der Waals surface area contributed by atoms with Crippen LogP contribution >= 0.6 is 0 Å². The lowest BCUT2D eigenvalue weighted by Crippen LogP contribution is -2.20. The molecule has 2 rings (SSSR count). The van der Waals surface area contributed by atoms with Gasteiger partial charge in [0.25, 0.3) is 0 Å². The zero-order valence-corrected chi connectivity index (χ0v) is 12.6. The Kier molecular flexibility index (Phi) is 4.41. The SMILES string of the molecule is CCC(C)C(C(=O)O)c1cccc2cccc(C(C)=O)c12. The minimum atomic E-state index is -0.838. The first kappa shape index (κ1) is 15.2. The molecule has 0 fully saturated rings. The van der Waals surface area contributed by atoms with Crippen molar-refractivity contribution in [2.45, 2.75) is 33.1 Å². The highest BCUT2D eigenvalue weighted by Gasteiger charge is 2.28. The monoisotopic (exact) mass is 284 g/mol. The van der Waals surface area contributed by atoms with E-state index in [9.17, 15) is 14.7 Å². The van der Waals surface area contributed by atoms with Crippen LogP contribution in [0.3, 0.4) is 0 Å². The Balaban J connectivity index is 2.79. The van der Waals surface area contributed by atoms with Crippen molar-refractivity contribution < 1.29 is 14.7 Å². The van der Waals surface area contributed by atoms with Crippen LogP contribution in [-0.4, -0.2) is 16.9 Å². The van der Waals surface area contributed by atoms with Crippen LogP contribution in [0.2, 0.25) is 0 Å². The maximum atomic E-state index is 11.9. The van der Waals surface area contributed by atoms with Gasteiger partial charge in [-0.3, -0.25) is 9.59 Å². The molecule has 0 saturated heterocycles. The quantitative estimate of drug-likeness (QED) is 0.835. The van der Waals surface area contributed by atoms with Crippen molar-refractivity contribution >= 4 is 22.5 Å². The van der Waals surface area contributed by atoms with Crippen LogP contribution in [0.5, 0.6) is 0 Å². The first-order valence-electron chi connectivity index (χ1n) is 7.22. The molecule has 0 amide bonds. The van der Waals surface area contributed by atoms with E-state index in [0.717, 1.165) is 22.8 Å². The van der Waals surface area contributed by atoms with Gasteiger partial charge in [0.15, 0.2) is 5.78 Å². The number of carboxylic acids is 1. The van der Waals surface area contributed by atoms with Gasteiger partial charge in [-0.1, -0.05) is 56.7 Å². The fourth-order valence-electron chi connectivity index (χ4n) is 2.84. The molecule has 3 heteroatoms. The van der Waals surface area contributed by atoms with Crippen LogP contribution in [0.25, 0.3) is 10.8 Å². The van der Waals surface area contributed by atoms with Gasteiger partial charge < -0.3 is 5.11 Å². The minimum Gasteiger partial charge on any atom is -0.481 e. The molecule has 2 unspecified atom stereocenters. The number of fused-ring (bicyclic) bond motifs is 1. The van der Waals surface area contributed by atoms with Gasteiger partial charge in [-0.15, -0.1) is 0 Å². The van der Waals surface area contributed by atoms with Crippen LogP contribution in [0.15, 0.2) is 36.4 Å². The van der Waals surface area contributed by atoms with Gasteiger partial charge in [0.1, 0.15) is 0 Å². The third-order valence-corrected chi connectivity index (χ3v) is 4.13. The highest BCUT2D eigenvalue weighted by atomic mass is 16.4. The van der Waals surface area contributed by atoms with Crippen LogP contribution in [0, 0.1) is 5.92 Å². The minimum absolute atomic E-state index is 0.00751. The van der Waals surface area contributed by atoms with Crippen LogP contribution < -0.4 is 0 Å². The van der Waals surface area contributed by atoms with E-state index in [1.165, 1.54) is 6.92 Å². The Bertz CT molecular complexity index is 683. The molecule has 110 valence electrons. The molecular formula is C18H20O3. The Hall–Kier alpha value is -2.16. The second-order valence-corrected chi connectivity index (χ2v) is 5.51. The van der Waals surface area contributed by atoms with Crippen molar-refractivity contribution in [2.75, 3.05) is 0 Å². The molecule has 0 aromatic heterocycles. The van der Waals surface area contributed by atoms with Crippen LogP contribution in [0.1, 0.15) is 49.0 Å². The molecule has 2 aromatic carbocycles. The summed E-state index contributed by atoms with van der Waals surface area (Å²) in [5.41, 5.74) is 1.33. The smallest absolute Gasteiger partial charge is 0.311 e. The molecule has 0 heterocycles. The van der Waals surface area contributed by atoms with Gasteiger partial charge in [0, 0.05) is 5.56 Å². The molecule has 1 N–H and O–H groups in total. The number of carbonyl (C=O) groups is 2. The number of carboxylic acid groups (broad SMARTS) is 1. The number of carbonyl (C=O) groups excluding carboxylic acids is 1. The predicted molar refractivity (Wildman–Crippen MR) is 83.8 cm³/mol. The molecule has 3 nitrogen and oxygen atoms in total. The Morgan fingerprint density at radius 2 is 1.76 bits per heavy atom. The summed E-state index contributed by atoms with van der Waals surface area (Å²) in [5, 5.41) is 11.3. The number of aliphatic carboxylic acids is 1. The summed E-state index contributed by atoms with van der Waals surface area (Å²) in [6.45, 7) is 5.44. The summed E-state index contributed by atoms with van der Waals surface area (Å²) in [6.07, 6.45) is 0.773. The highest BCUT2D eigenvalue weighted by molar-refractivity contribution is 6.09. The van der Waals surface area contributed by atoms with Gasteiger partial charge in [-0.05, 0) is 29.2 Å². The molecule has 0 spiro atoms. The lowest BCUT2D eigenvalue weighted by Gasteiger charge is -2.21. The number of Topliss-reactive ketones (excluding diaryl/α,β-unsaturated/α-hetero) is 1. The van der Waals surface area contributed by atoms with Crippen LogP contribution in [0.4, 0.5) is 0 Å². The summed E-state index contributed by atoms with van der Waals surface area (Å²) in [7, 11) is 0. The standard InChI is InChI=1S/C18H20O3/c1-4-11(2)16(18(20)21)15-10-6-8-13-7-5-9-14(12(3)19)17(13)15/h5-11,16H,4H2,1-3H3,(H,20,21). The van der Waals surface area contributed by atoms with E-state index < -0.39 is 11.9 Å². The Morgan fingerprint density at radius 3 is 2.29 bits per heavy atom. The molecule has 0 radical (unpaired) electrons. The number of hydrogen-bond donors (Lipinski definition) is 1. The Morgan fingerprint density at radius 1 is 1.14 bits per heavy atom. The zero-order valence-electron chi connectivity index (χ0n) is 12.6. The summed E-state index contributed by atoms with van der Waals surface area (Å²) in [4.78, 5) is 23.6. The average Bonchev–Trinajstić information content (AvgIpc) is 2.46. The summed E-state index contributed by atoms with van der Waals surface area (Å²) in [6, 6.07) is 11.1. The fraction of sp³-hybridized carbons (Fsp3) is 0.333. The predicted octanol–water partition coefficient (Wildman–Crippen LogP) is 4.26. The molecule has 0 aliphatic heterocycles. The van der Waals surface area contributed by atoms with E-state index in [1.807, 2.05) is 44.2 Å². The van der Waals surface area contributed by atoms with Crippen molar-refractivity contribution in [1.82, 2.24) is 0 Å². The van der Waals surface area contributed by atoms with E-state index in [-0.39, 0.29) is 11.7 Å².